The molecule has 6 heteroatoms. The molecule has 2 amide bonds. The van der Waals surface area contributed by atoms with E-state index in [0.29, 0.717) is 32.5 Å². The van der Waals surface area contributed by atoms with Gasteiger partial charge in [-0.05, 0) is 24.5 Å². The molecule has 124 valence electrons. The number of benzene rings is 1. The largest absolute Gasteiger partial charge is 0.496 e. The number of ether oxygens (including phenoxy) is 2. The van der Waals surface area contributed by atoms with Gasteiger partial charge in [0.15, 0.2) is 0 Å². The van der Waals surface area contributed by atoms with Crippen LogP contribution < -0.4 is 10.1 Å². The van der Waals surface area contributed by atoms with Crippen LogP contribution in [0.3, 0.4) is 0 Å². The summed E-state index contributed by atoms with van der Waals surface area (Å²) in [6.45, 7) is 1.81. The number of methoxy groups -OCH3 is 1. The second kappa shape index (κ2) is 6.58. The molecule has 0 aromatic heterocycles. The molecule has 23 heavy (non-hydrogen) atoms. The summed E-state index contributed by atoms with van der Waals surface area (Å²) in [6.07, 6.45) is 1.88. The van der Waals surface area contributed by atoms with Gasteiger partial charge in [-0.1, -0.05) is 18.2 Å². The van der Waals surface area contributed by atoms with Gasteiger partial charge in [-0.2, -0.15) is 0 Å². The van der Waals surface area contributed by atoms with E-state index in [1.165, 1.54) is 0 Å². The number of hydrogen-bond donors (Lipinski definition) is 1. The van der Waals surface area contributed by atoms with Gasteiger partial charge in [0.1, 0.15) is 18.0 Å². The van der Waals surface area contributed by atoms with E-state index in [1.807, 2.05) is 29.2 Å². The first-order chi connectivity index (χ1) is 11.1. The normalized spacial score (nSPS) is 23.9. The lowest BCUT2D eigenvalue weighted by Crippen LogP contribution is -2.54. The highest BCUT2D eigenvalue weighted by Crippen LogP contribution is 2.27. The maximum absolute atomic E-state index is 12.5. The smallest absolute Gasteiger partial charge is 0.246 e. The SMILES string of the molecule is COc1ccccc1CCC(=O)N1CCC2(CNC(=O)CO2)C1. The maximum atomic E-state index is 12.5. The van der Waals surface area contributed by atoms with Gasteiger partial charge in [0, 0.05) is 19.5 Å². The Bertz CT molecular complexity index is 592. The molecule has 2 aliphatic heterocycles. The third kappa shape index (κ3) is 3.47. The molecule has 2 aliphatic rings. The lowest BCUT2D eigenvalue weighted by Gasteiger charge is -2.33. The van der Waals surface area contributed by atoms with Crippen LogP contribution in [0, 0.1) is 0 Å². The second-order valence-electron chi connectivity index (χ2n) is 6.13. The summed E-state index contributed by atoms with van der Waals surface area (Å²) >= 11 is 0. The summed E-state index contributed by atoms with van der Waals surface area (Å²) in [5.74, 6) is 0.848. The molecule has 1 unspecified atom stereocenters. The van der Waals surface area contributed by atoms with Crippen molar-refractivity contribution in [3.05, 3.63) is 29.8 Å². The van der Waals surface area contributed by atoms with E-state index in [2.05, 4.69) is 5.32 Å². The number of morpholine rings is 1. The van der Waals surface area contributed by atoms with Gasteiger partial charge < -0.3 is 19.7 Å². The van der Waals surface area contributed by atoms with Crippen LogP contribution in [-0.4, -0.2) is 55.7 Å². The summed E-state index contributed by atoms with van der Waals surface area (Å²) in [7, 11) is 1.64. The molecule has 1 atom stereocenters. The zero-order chi connectivity index (χ0) is 16.3. The monoisotopic (exact) mass is 318 g/mol. The Labute approximate surface area is 135 Å². The summed E-state index contributed by atoms with van der Waals surface area (Å²) in [5.41, 5.74) is 0.645. The minimum Gasteiger partial charge on any atom is -0.496 e. The third-order valence-corrected chi connectivity index (χ3v) is 4.59. The first kappa shape index (κ1) is 15.8. The molecule has 0 saturated carbocycles. The van der Waals surface area contributed by atoms with E-state index in [-0.39, 0.29) is 18.4 Å². The molecule has 2 fully saturated rings. The number of amides is 2. The fraction of sp³-hybridized carbons (Fsp3) is 0.529. The van der Waals surface area contributed by atoms with Crippen molar-refractivity contribution in [2.24, 2.45) is 0 Å². The van der Waals surface area contributed by atoms with Crippen molar-refractivity contribution in [2.75, 3.05) is 33.4 Å². The molecule has 2 saturated heterocycles. The number of hydrogen-bond acceptors (Lipinski definition) is 4. The van der Waals surface area contributed by atoms with Crippen molar-refractivity contribution in [1.29, 1.82) is 0 Å². The minimum absolute atomic E-state index is 0.0865. The van der Waals surface area contributed by atoms with E-state index in [9.17, 15) is 9.59 Å². The summed E-state index contributed by atoms with van der Waals surface area (Å²) in [6, 6.07) is 7.76. The van der Waals surface area contributed by atoms with E-state index in [1.54, 1.807) is 7.11 Å². The zero-order valence-electron chi connectivity index (χ0n) is 13.3. The Morgan fingerprint density at radius 1 is 1.43 bits per heavy atom. The highest BCUT2D eigenvalue weighted by Gasteiger charge is 2.43. The molecule has 3 rings (SSSR count). The Balaban J connectivity index is 1.54. The van der Waals surface area contributed by atoms with Gasteiger partial charge >= 0.3 is 0 Å². The number of rotatable bonds is 4. The molecule has 1 spiro atoms. The van der Waals surface area contributed by atoms with E-state index >= 15 is 0 Å². The van der Waals surface area contributed by atoms with Crippen molar-refractivity contribution < 1.29 is 19.1 Å². The quantitative estimate of drug-likeness (QED) is 0.889. The fourth-order valence-electron chi connectivity index (χ4n) is 3.21. The van der Waals surface area contributed by atoms with Gasteiger partial charge in [-0.25, -0.2) is 0 Å². The molecule has 0 radical (unpaired) electrons. The standard InChI is InChI=1S/C17H22N2O4/c1-22-14-5-3-2-4-13(14)6-7-16(21)19-9-8-17(12-19)11-18-15(20)10-23-17/h2-5H,6-12H2,1H3,(H,18,20). The highest BCUT2D eigenvalue weighted by molar-refractivity contribution is 5.79. The minimum atomic E-state index is -0.395. The number of carbonyl (C=O) groups is 2. The lowest BCUT2D eigenvalue weighted by atomic mass is 10.0. The number of likely N-dealkylation sites (tertiary alicyclic amines) is 1. The number of nitrogens with zero attached hydrogens (tertiary/aromatic N) is 1. The molecule has 0 bridgehead atoms. The third-order valence-electron chi connectivity index (χ3n) is 4.59. The molecule has 1 aromatic rings. The first-order valence-electron chi connectivity index (χ1n) is 7.92. The van der Waals surface area contributed by atoms with Gasteiger partial charge in [0.25, 0.3) is 0 Å². The predicted molar refractivity (Wildman–Crippen MR) is 84.2 cm³/mol. The molecular formula is C17H22N2O4. The van der Waals surface area contributed by atoms with Crippen molar-refractivity contribution in [2.45, 2.75) is 24.9 Å². The van der Waals surface area contributed by atoms with Gasteiger partial charge in [-0.15, -0.1) is 0 Å². The maximum Gasteiger partial charge on any atom is 0.246 e. The first-order valence-corrected chi connectivity index (χ1v) is 7.92. The van der Waals surface area contributed by atoms with Gasteiger partial charge in [-0.3, -0.25) is 9.59 Å². The lowest BCUT2D eigenvalue weighted by molar-refractivity contribution is -0.143. The van der Waals surface area contributed by atoms with Crippen LogP contribution in [0.25, 0.3) is 0 Å². The molecule has 6 nitrogen and oxygen atoms in total. The van der Waals surface area contributed by atoms with Crippen molar-refractivity contribution in [1.82, 2.24) is 10.2 Å². The van der Waals surface area contributed by atoms with Crippen molar-refractivity contribution in [3.63, 3.8) is 0 Å². The Hall–Kier alpha value is -2.08. The number of aryl methyl sites for hydroxylation is 1. The van der Waals surface area contributed by atoms with E-state index < -0.39 is 5.60 Å². The summed E-state index contributed by atoms with van der Waals surface area (Å²) in [5, 5.41) is 2.83. The van der Waals surface area contributed by atoms with Crippen LogP contribution in [-0.2, 0) is 20.7 Å². The van der Waals surface area contributed by atoms with Gasteiger partial charge in [0.2, 0.25) is 11.8 Å². The number of nitrogens with one attached hydrogen (secondary N) is 1. The number of carbonyl (C=O) groups excluding carboxylic acids is 2. The highest BCUT2D eigenvalue weighted by atomic mass is 16.5. The average molecular weight is 318 g/mol. The van der Waals surface area contributed by atoms with Crippen LogP contribution in [0.4, 0.5) is 0 Å². The molecular weight excluding hydrogens is 296 g/mol. The molecule has 1 N–H and O–H groups in total. The van der Waals surface area contributed by atoms with Crippen molar-refractivity contribution >= 4 is 11.8 Å². The van der Waals surface area contributed by atoms with Crippen LogP contribution in [0.1, 0.15) is 18.4 Å². The molecule has 0 aliphatic carbocycles. The Kier molecular flexibility index (Phi) is 4.52. The predicted octanol–water partition coefficient (Wildman–Crippen LogP) is 0.745. The van der Waals surface area contributed by atoms with Gasteiger partial charge in [0.05, 0.1) is 13.7 Å². The van der Waals surface area contributed by atoms with Crippen LogP contribution >= 0.6 is 0 Å². The topological polar surface area (TPSA) is 67.9 Å². The average Bonchev–Trinajstić information content (AvgIpc) is 3.00. The number of para-hydroxylation sites is 1. The second-order valence-corrected chi connectivity index (χ2v) is 6.13. The van der Waals surface area contributed by atoms with E-state index in [0.717, 1.165) is 17.7 Å². The zero-order valence-corrected chi connectivity index (χ0v) is 13.3. The van der Waals surface area contributed by atoms with Crippen molar-refractivity contribution in [3.8, 4) is 5.75 Å². The van der Waals surface area contributed by atoms with E-state index in [4.69, 9.17) is 9.47 Å². The fourth-order valence-corrected chi connectivity index (χ4v) is 3.21. The summed E-state index contributed by atoms with van der Waals surface area (Å²) in [4.78, 5) is 25.5. The molecule has 2 heterocycles. The summed E-state index contributed by atoms with van der Waals surface area (Å²) < 4.78 is 11.0. The molecule has 1 aromatic carbocycles. The Morgan fingerprint density at radius 3 is 3.00 bits per heavy atom. The van der Waals surface area contributed by atoms with Crippen LogP contribution in [0.5, 0.6) is 5.75 Å². The Morgan fingerprint density at radius 2 is 2.26 bits per heavy atom. The van der Waals surface area contributed by atoms with Crippen LogP contribution in [0.2, 0.25) is 0 Å². The van der Waals surface area contributed by atoms with Crippen LogP contribution in [0.15, 0.2) is 24.3 Å².